The summed E-state index contributed by atoms with van der Waals surface area (Å²) in [5.74, 6) is 1.61. The van der Waals surface area contributed by atoms with Crippen LogP contribution in [0, 0.1) is 5.92 Å². The van der Waals surface area contributed by atoms with E-state index in [2.05, 4.69) is 17.4 Å². The van der Waals surface area contributed by atoms with E-state index in [4.69, 9.17) is 11.6 Å². The largest absolute Gasteiger partial charge is 0.319 e. The Morgan fingerprint density at radius 3 is 2.69 bits per heavy atom. The fourth-order valence-corrected chi connectivity index (χ4v) is 1.98. The molecule has 0 aliphatic heterocycles. The molecule has 1 aromatic carbocycles. The standard InChI is InChI=1S/C11H14ClN/c1-13-7-9-6-11(9)8-2-4-10(12)5-3-8/h2-5,9,11,13H,6-7H2,1H3. The first-order valence-electron chi connectivity index (χ1n) is 4.71. The van der Waals surface area contributed by atoms with E-state index in [0.717, 1.165) is 23.4 Å². The van der Waals surface area contributed by atoms with Crippen molar-refractivity contribution in [3.05, 3.63) is 34.9 Å². The molecule has 0 bridgehead atoms. The van der Waals surface area contributed by atoms with Crippen molar-refractivity contribution in [2.45, 2.75) is 12.3 Å². The Labute approximate surface area is 84.1 Å². The quantitative estimate of drug-likeness (QED) is 0.782. The second-order valence-electron chi connectivity index (χ2n) is 3.71. The first-order chi connectivity index (χ1) is 6.31. The highest BCUT2D eigenvalue weighted by atomic mass is 35.5. The molecule has 0 spiro atoms. The van der Waals surface area contributed by atoms with Gasteiger partial charge in [0.25, 0.3) is 0 Å². The van der Waals surface area contributed by atoms with Crippen LogP contribution in [0.15, 0.2) is 24.3 Å². The number of nitrogens with one attached hydrogen (secondary N) is 1. The van der Waals surface area contributed by atoms with Crippen LogP contribution in [0.5, 0.6) is 0 Å². The summed E-state index contributed by atoms with van der Waals surface area (Å²) < 4.78 is 0. The minimum Gasteiger partial charge on any atom is -0.319 e. The van der Waals surface area contributed by atoms with Gasteiger partial charge in [-0.15, -0.1) is 0 Å². The fourth-order valence-electron chi connectivity index (χ4n) is 1.85. The van der Waals surface area contributed by atoms with Gasteiger partial charge in [0.2, 0.25) is 0 Å². The monoisotopic (exact) mass is 195 g/mol. The first-order valence-corrected chi connectivity index (χ1v) is 5.09. The SMILES string of the molecule is CNCC1CC1c1ccc(Cl)cc1. The topological polar surface area (TPSA) is 12.0 Å². The van der Waals surface area contributed by atoms with Crippen LogP contribution >= 0.6 is 11.6 Å². The summed E-state index contributed by atoms with van der Waals surface area (Å²) >= 11 is 5.82. The van der Waals surface area contributed by atoms with E-state index in [-0.39, 0.29) is 0 Å². The highest BCUT2D eigenvalue weighted by Gasteiger charge is 2.37. The molecule has 2 atom stereocenters. The first kappa shape index (κ1) is 9.04. The zero-order valence-corrected chi connectivity index (χ0v) is 8.51. The van der Waals surface area contributed by atoms with Crippen LogP contribution in [0.1, 0.15) is 17.9 Å². The van der Waals surface area contributed by atoms with E-state index in [9.17, 15) is 0 Å². The zero-order valence-electron chi connectivity index (χ0n) is 7.76. The molecule has 1 aromatic rings. The van der Waals surface area contributed by atoms with Gasteiger partial charge in [0.1, 0.15) is 0 Å². The summed E-state index contributed by atoms with van der Waals surface area (Å²) in [7, 11) is 2.01. The van der Waals surface area contributed by atoms with Crippen molar-refractivity contribution in [2.75, 3.05) is 13.6 Å². The Balaban J connectivity index is 2.00. The highest BCUT2D eigenvalue weighted by Crippen LogP contribution is 2.46. The molecule has 1 N–H and O–H groups in total. The molecule has 1 aliphatic rings. The lowest BCUT2D eigenvalue weighted by Gasteiger charge is -1.99. The smallest absolute Gasteiger partial charge is 0.0406 e. The van der Waals surface area contributed by atoms with Crippen molar-refractivity contribution >= 4 is 11.6 Å². The molecule has 1 nitrogen and oxygen atoms in total. The molecule has 1 fully saturated rings. The zero-order chi connectivity index (χ0) is 9.26. The van der Waals surface area contributed by atoms with Gasteiger partial charge in [-0.25, -0.2) is 0 Å². The van der Waals surface area contributed by atoms with Gasteiger partial charge in [-0.3, -0.25) is 0 Å². The minimum atomic E-state index is 0.768. The second-order valence-corrected chi connectivity index (χ2v) is 4.15. The summed E-state index contributed by atoms with van der Waals surface area (Å²) in [6, 6.07) is 8.24. The Kier molecular flexibility index (Phi) is 2.56. The van der Waals surface area contributed by atoms with Gasteiger partial charge in [0.15, 0.2) is 0 Å². The van der Waals surface area contributed by atoms with Crippen LogP contribution in [0.25, 0.3) is 0 Å². The molecule has 70 valence electrons. The summed E-state index contributed by atoms with van der Waals surface area (Å²) in [5.41, 5.74) is 1.43. The van der Waals surface area contributed by atoms with Gasteiger partial charge >= 0.3 is 0 Å². The highest BCUT2D eigenvalue weighted by molar-refractivity contribution is 6.30. The van der Waals surface area contributed by atoms with Crippen LogP contribution < -0.4 is 5.32 Å². The van der Waals surface area contributed by atoms with Crippen molar-refractivity contribution in [1.82, 2.24) is 5.32 Å². The molecule has 2 unspecified atom stereocenters. The van der Waals surface area contributed by atoms with Crippen LogP contribution in [0.4, 0.5) is 0 Å². The van der Waals surface area contributed by atoms with E-state index in [0.29, 0.717) is 0 Å². The maximum atomic E-state index is 5.82. The molecule has 0 amide bonds. The lowest BCUT2D eigenvalue weighted by atomic mass is 10.1. The van der Waals surface area contributed by atoms with Crippen molar-refractivity contribution in [1.29, 1.82) is 0 Å². The van der Waals surface area contributed by atoms with Gasteiger partial charge < -0.3 is 5.32 Å². The maximum Gasteiger partial charge on any atom is 0.0406 e. The molecule has 13 heavy (non-hydrogen) atoms. The number of benzene rings is 1. The predicted molar refractivity (Wildman–Crippen MR) is 56.2 cm³/mol. The second kappa shape index (κ2) is 3.69. The Morgan fingerprint density at radius 1 is 1.38 bits per heavy atom. The summed E-state index contributed by atoms with van der Waals surface area (Å²) in [5, 5.41) is 4.04. The van der Waals surface area contributed by atoms with E-state index in [1.165, 1.54) is 12.0 Å². The molecule has 0 heterocycles. The molecule has 1 saturated carbocycles. The van der Waals surface area contributed by atoms with Crippen LogP contribution in [-0.4, -0.2) is 13.6 Å². The third-order valence-electron chi connectivity index (χ3n) is 2.69. The molecular formula is C11H14ClN. The van der Waals surface area contributed by atoms with Crippen LogP contribution in [0.2, 0.25) is 5.02 Å². The van der Waals surface area contributed by atoms with Gasteiger partial charge in [-0.2, -0.15) is 0 Å². The van der Waals surface area contributed by atoms with Crippen molar-refractivity contribution in [3.8, 4) is 0 Å². The van der Waals surface area contributed by atoms with Gasteiger partial charge in [0.05, 0.1) is 0 Å². The predicted octanol–water partition coefficient (Wildman–Crippen LogP) is 2.66. The average molecular weight is 196 g/mol. The Bertz CT molecular complexity index is 281. The average Bonchev–Trinajstić information content (AvgIpc) is 2.86. The van der Waals surface area contributed by atoms with E-state index in [1.54, 1.807) is 0 Å². The lowest BCUT2D eigenvalue weighted by molar-refractivity contribution is 0.698. The third kappa shape index (κ3) is 2.04. The molecule has 2 rings (SSSR count). The number of halogens is 1. The molecule has 1 aliphatic carbocycles. The maximum absolute atomic E-state index is 5.82. The van der Waals surface area contributed by atoms with Crippen LogP contribution in [-0.2, 0) is 0 Å². The van der Waals surface area contributed by atoms with Crippen molar-refractivity contribution in [2.24, 2.45) is 5.92 Å². The summed E-state index contributed by atoms with van der Waals surface area (Å²) in [6.07, 6.45) is 1.32. The molecule has 0 saturated heterocycles. The normalized spacial score (nSPS) is 26.0. The number of hydrogen-bond donors (Lipinski definition) is 1. The van der Waals surface area contributed by atoms with E-state index < -0.39 is 0 Å². The Hall–Kier alpha value is -0.530. The number of rotatable bonds is 3. The Morgan fingerprint density at radius 2 is 2.08 bits per heavy atom. The van der Waals surface area contributed by atoms with E-state index >= 15 is 0 Å². The lowest BCUT2D eigenvalue weighted by Crippen LogP contribution is -2.10. The van der Waals surface area contributed by atoms with E-state index in [1.807, 2.05) is 19.2 Å². The molecular weight excluding hydrogens is 182 g/mol. The van der Waals surface area contributed by atoms with Gasteiger partial charge in [-0.05, 0) is 49.5 Å². The fraction of sp³-hybridized carbons (Fsp3) is 0.455. The minimum absolute atomic E-state index is 0.768. The van der Waals surface area contributed by atoms with Gasteiger partial charge in [0, 0.05) is 5.02 Å². The molecule has 0 radical (unpaired) electrons. The van der Waals surface area contributed by atoms with Crippen molar-refractivity contribution in [3.63, 3.8) is 0 Å². The van der Waals surface area contributed by atoms with Gasteiger partial charge in [-0.1, -0.05) is 23.7 Å². The summed E-state index contributed by atoms with van der Waals surface area (Å²) in [4.78, 5) is 0. The molecule has 0 aromatic heterocycles. The summed E-state index contributed by atoms with van der Waals surface area (Å²) in [6.45, 7) is 1.13. The third-order valence-corrected chi connectivity index (χ3v) is 2.94. The van der Waals surface area contributed by atoms with Crippen LogP contribution in [0.3, 0.4) is 0 Å². The molecule has 2 heteroatoms. The number of hydrogen-bond acceptors (Lipinski definition) is 1. The van der Waals surface area contributed by atoms with Crippen molar-refractivity contribution < 1.29 is 0 Å².